The lowest BCUT2D eigenvalue weighted by Crippen LogP contribution is -2.32. The van der Waals surface area contributed by atoms with E-state index in [-0.39, 0.29) is 5.91 Å². The Morgan fingerprint density at radius 2 is 2.16 bits per heavy atom. The number of hydrogen-bond acceptors (Lipinski definition) is 5. The van der Waals surface area contributed by atoms with Crippen molar-refractivity contribution in [2.45, 2.75) is 25.3 Å². The van der Waals surface area contributed by atoms with Crippen LogP contribution in [0.15, 0.2) is 42.6 Å². The summed E-state index contributed by atoms with van der Waals surface area (Å²) in [6.07, 6.45) is 4.64. The van der Waals surface area contributed by atoms with Crippen molar-refractivity contribution in [1.82, 2.24) is 9.88 Å². The third-order valence-electron chi connectivity index (χ3n) is 4.49. The summed E-state index contributed by atoms with van der Waals surface area (Å²) in [6.45, 7) is 1.50. The maximum atomic E-state index is 12.7. The van der Waals surface area contributed by atoms with E-state index in [0.717, 1.165) is 38.0 Å². The molecule has 25 heavy (non-hydrogen) atoms. The second kappa shape index (κ2) is 7.88. The number of likely N-dealkylation sites (tertiary alicyclic amines) is 1. The van der Waals surface area contributed by atoms with Crippen LogP contribution in [0.25, 0.3) is 0 Å². The van der Waals surface area contributed by atoms with Gasteiger partial charge in [-0.3, -0.25) is 4.79 Å². The largest absolute Gasteiger partial charge is 0.497 e. The van der Waals surface area contributed by atoms with Gasteiger partial charge in [-0.1, -0.05) is 6.07 Å². The Kier molecular flexibility index (Phi) is 5.38. The average Bonchev–Trinajstić information content (AvgIpc) is 2.88. The summed E-state index contributed by atoms with van der Waals surface area (Å²) in [6, 6.07) is 11.4. The number of anilines is 2. The predicted molar refractivity (Wildman–Crippen MR) is 98.8 cm³/mol. The molecule has 0 radical (unpaired) electrons. The molecular formula is C19H24N4O2. The number of hydrogen-bond donors (Lipinski definition) is 2. The molecule has 1 aromatic heterocycles. The summed E-state index contributed by atoms with van der Waals surface area (Å²) in [7, 11) is 1.61. The van der Waals surface area contributed by atoms with Crippen LogP contribution in [0, 0.1) is 0 Å². The number of ether oxygens (including phenoxy) is 1. The lowest BCUT2D eigenvalue weighted by Gasteiger charge is -2.21. The summed E-state index contributed by atoms with van der Waals surface area (Å²) in [4.78, 5) is 18.8. The number of pyridine rings is 1. The van der Waals surface area contributed by atoms with Crippen molar-refractivity contribution in [1.29, 1.82) is 0 Å². The van der Waals surface area contributed by atoms with Gasteiger partial charge in [0.2, 0.25) is 0 Å². The molecule has 0 unspecified atom stereocenters. The number of nitrogen functional groups attached to an aromatic ring is 1. The standard InChI is InChI=1S/C19H24N4O2/c1-25-17-6-2-4-14(12-17)19(24)23-10-3-5-15(9-11-23)22-16-7-8-18(20)21-13-16/h2,4,6-8,12-13,15,22H,3,5,9-11H2,1H3,(H2,20,21)/t15-/m0/s1. The molecule has 6 heteroatoms. The van der Waals surface area contributed by atoms with Crippen LogP contribution in [-0.2, 0) is 0 Å². The minimum Gasteiger partial charge on any atom is -0.497 e. The van der Waals surface area contributed by atoms with Gasteiger partial charge in [0, 0.05) is 24.7 Å². The van der Waals surface area contributed by atoms with Crippen LogP contribution in [-0.4, -0.2) is 42.0 Å². The highest BCUT2D eigenvalue weighted by Crippen LogP contribution is 2.20. The van der Waals surface area contributed by atoms with Gasteiger partial charge < -0.3 is 20.7 Å². The van der Waals surface area contributed by atoms with Crippen molar-refractivity contribution in [2.24, 2.45) is 0 Å². The number of benzene rings is 1. The summed E-state index contributed by atoms with van der Waals surface area (Å²) >= 11 is 0. The zero-order chi connectivity index (χ0) is 17.6. The zero-order valence-corrected chi connectivity index (χ0v) is 14.4. The van der Waals surface area contributed by atoms with E-state index in [0.29, 0.717) is 23.2 Å². The summed E-state index contributed by atoms with van der Waals surface area (Å²) < 4.78 is 5.21. The molecule has 1 fully saturated rings. The normalized spacial score (nSPS) is 17.6. The lowest BCUT2D eigenvalue weighted by atomic mass is 10.1. The lowest BCUT2D eigenvalue weighted by molar-refractivity contribution is 0.0761. The number of aromatic nitrogens is 1. The van der Waals surface area contributed by atoms with E-state index in [9.17, 15) is 4.79 Å². The maximum absolute atomic E-state index is 12.7. The van der Waals surface area contributed by atoms with E-state index in [1.165, 1.54) is 0 Å². The van der Waals surface area contributed by atoms with Crippen molar-refractivity contribution in [3.05, 3.63) is 48.2 Å². The molecule has 3 N–H and O–H groups in total. The Labute approximate surface area is 148 Å². The first-order chi connectivity index (χ1) is 12.2. The quantitative estimate of drug-likeness (QED) is 0.894. The van der Waals surface area contributed by atoms with E-state index in [4.69, 9.17) is 10.5 Å². The van der Waals surface area contributed by atoms with Gasteiger partial charge in [0.05, 0.1) is 19.0 Å². The van der Waals surface area contributed by atoms with Crippen molar-refractivity contribution >= 4 is 17.4 Å². The first-order valence-corrected chi connectivity index (χ1v) is 8.57. The van der Waals surface area contributed by atoms with E-state index in [1.54, 1.807) is 25.4 Å². The zero-order valence-electron chi connectivity index (χ0n) is 14.4. The molecule has 6 nitrogen and oxygen atoms in total. The van der Waals surface area contributed by atoms with E-state index in [2.05, 4.69) is 10.3 Å². The third kappa shape index (κ3) is 4.41. The molecule has 0 aliphatic carbocycles. The van der Waals surface area contributed by atoms with E-state index < -0.39 is 0 Å². The number of amides is 1. The molecule has 0 saturated carbocycles. The summed E-state index contributed by atoms with van der Waals surface area (Å²) in [5, 5.41) is 3.49. The van der Waals surface area contributed by atoms with Gasteiger partial charge in [-0.05, 0) is 49.6 Å². The second-order valence-corrected chi connectivity index (χ2v) is 6.27. The monoisotopic (exact) mass is 340 g/mol. The van der Waals surface area contributed by atoms with Crippen LogP contribution in [0.3, 0.4) is 0 Å². The van der Waals surface area contributed by atoms with E-state index in [1.807, 2.05) is 29.2 Å². The van der Waals surface area contributed by atoms with Crippen LogP contribution in [0.5, 0.6) is 5.75 Å². The molecule has 1 atom stereocenters. The second-order valence-electron chi connectivity index (χ2n) is 6.27. The number of nitrogens with zero attached hydrogens (tertiary/aromatic N) is 2. The highest BCUT2D eigenvalue weighted by molar-refractivity contribution is 5.94. The summed E-state index contributed by atoms with van der Waals surface area (Å²) in [5.74, 6) is 1.28. The smallest absolute Gasteiger partial charge is 0.253 e. The molecule has 1 amide bonds. The van der Waals surface area contributed by atoms with Gasteiger partial charge in [0.1, 0.15) is 11.6 Å². The number of carbonyl (C=O) groups excluding carboxylic acids is 1. The molecule has 0 spiro atoms. The van der Waals surface area contributed by atoms with Crippen LogP contribution < -0.4 is 15.8 Å². The highest BCUT2D eigenvalue weighted by Gasteiger charge is 2.21. The van der Waals surface area contributed by atoms with Crippen molar-refractivity contribution in [3.8, 4) is 5.75 Å². The Morgan fingerprint density at radius 3 is 2.92 bits per heavy atom. The van der Waals surface area contributed by atoms with E-state index >= 15 is 0 Å². The third-order valence-corrected chi connectivity index (χ3v) is 4.49. The number of rotatable bonds is 4. The Balaban J connectivity index is 1.60. The van der Waals surface area contributed by atoms with Crippen molar-refractivity contribution in [2.75, 3.05) is 31.2 Å². The minimum atomic E-state index is 0.0636. The average molecular weight is 340 g/mol. The van der Waals surface area contributed by atoms with Crippen LogP contribution in [0.4, 0.5) is 11.5 Å². The number of carbonyl (C=O) groups is 1. The molecule has 1 saturated heterocycles. The Bertz CT molecular complexity index is 718. The number of nitrogens with one attached hydrogen (secondary N) is 1. The highest BCUT2D eigenvalue weighted by atomic mass is 16.5. The fourth-order valence-electron chi connectivity index (χ4n) is 3.11. The fraction of sp³-hybridized carbons (Fsp3) is 0.368. The molecule has 2 heterocycles. The van der Waals surface area contributed by atoms with Gasteiger partial charge in [-0.15, -0.1) is 0 Å². The number of methoxy groups -OCH3 is 1. The number of nitrogens with two attached hydrogens (primary N) is 1. The molecule has 1 aliphatic heterocycles. The van der Waals surface area contributed by atoms with Crippen LogP contribution >= 0.6 is 0 Å². The molecule has 2 aromatic rings. The molecule has 0 bridgehead atoms. The molecular weight excluding hydrogens is 316 g/mol. The molecule has 132 valence electrons. The van der Waals surface area contributed by atoms with Gasteiger partial charge in [-0.2, -0.15) is 0 Å². The summed E-state index contributed by atoms with van der Waals surface area (Å²) in [5.41, 5.74) is 7.26. The first kappa shape index (κ1) is 17.1. The fourth-order valence-corrected chi connectivity index (χ4v) is 3.11. The molecule has 3 rings (SSSR count). The van der Waals surface area contributed by atoms with Crippen molar-refractivity contribution in [3.63, 3.8) is 0 Å². The van der Waals surface area contributed by atoms with Gasteiger partial charge in [0.25, 0.3) is 5.91 Å². The Hall–Kier alpha value is -2.76. The van der Waals surface area contributed by atoms with Gasteiger partial charge >= 0.3 is 0 Å². The topological polar surface area (TPSA) is 80.5 Å². The van der Waals surface area contributed by atoms with Crippen LogP contribution in [0.2, 0.25) is 0 Å². The maximum Gasteiger partial charge on any atom is 0.253 e. The van der Waals surface area contributed by atoms with Crippen LogP contribution in [0.1, 0.15) is 29.6 Å². The minimum absolute atomic E-state index is 0.0636. The molecule has 1 aliphatic rings. The van der Waals surface area contributed by atoms with Crippen molar-refractivity contribution < 1.29 is 9.53 Å². The van der Waals surface area contributed by atoms with Gasteiger partial charge in [-0.25, -0.2) is 4.98 Å². The molecule has 1 aromatic carbocycles. The first-order valence-electron chi connectivity index (χ1n) is 8.57. The van der Waals surface area contributed by atoms with Gasteiger partial charge in [0.15, 0.2) is 0 Å². The Morgan fingerprint density at radius 1 is 1.28 bits per heavy atom. The predicted octanol–water partition coefficient (Wildman–Crippen LogP) is 2.78. The SMILES string of the molecule is COc1cccc(C(=O)N2CCC[C@H](Nc3ccc(N)nc3)CC2)c1.